The third-order valence-corrected chi connectivity index (χ3v) is 4.00. The van der Waals surface area contributed by atoms with E-state index in [0.29, 0.717) is 24.3 Å². The minimum Gasteiger partial charge on any atom is -0.493 e. The average molecular weight is 334 g/mol. The molecule has 2 heterocycles. The zero-order valence-corrected chi connectivity index (χ0v) is 13.7. The summed E-state index contributed by atoms with van der Waals surface area (Å²) in [6.45, 7) is 5.69. The molecule has 128 valence electrons. The van der Waals surface area contributed by atoms with E-state index in [1.807, 2.05) is 0 Å². The predicted molar refractivity (Wildman–Crippen MR) is 87.1 cm³/mol. The first-order valence-corrected chi connectivity index (χ1v) is 7.81. The van der Waals surface area contributed by atoms with Gasteiger partial charge < -0.3 is 10.1 Å². The molecule has 2 aromatic rings. The van der Waals surface area contributed by atoms with E-state index in [-0.39, 0.29) is 17.8 Å². The lowest BCUT2D eigenvalue weighted by atomic mass is 10.0. The highest BCUT2D eigenvalue weighted by Gasteiger charge is 2.20. The van der Waals surface area contributed by atoms with Crippen molar-refractivity contribution in [1.29, 1.82) is 0 Å². The van der Waals surface area contributed by atoms with E-state index in [0.717, 1.165) is 10.1 Å². The van der Waals surface area contributed by atoms with Crippen LogP contribution in [0.1, 0.15) is 44.0 Å². The molecule has 0 unspecified atom stereocenters. The van der Waals surface area contributed by atoms with Crippen LogP contribution < -0.4 is 21.4 Å². The molecule has 1 aliphatic rings. The largest absolute Gasteiger partial charge is 0.493 e. The molecule has 0 bridgehead atoms. The standard InChI is InChI=1S/C16H19FN4O3/c1-8(2)21-15(22)19-14(20-16(21)23)18-9(3)11-7-13-10(4-5-24-13)6-12(11)17/h6-9H,4-5H2,1-3H3,(H2,18,19,20,22,23)/t9-/m0/s1. The molecule has 0 radical (unpaired) electrons. The van der Waals surface area contributed by atoms with E-state index < -0.39 is 17.4 Å². The number of halogens is 1. The Labute approximate surface area is 137 Å². The Morgan fingerprint density at radius 1 is 1.33 bits per heavy atom. The number of benzene rings is 1. The molecule has 1 aromatic carbocycles. The Bertz CT molecular complexity index is 857. The molecule has 8 heteroatoms. The van der Waals surface area contributed by atoms with Crippen molar-refractivity contribution in [2.24, 2.45) is 0 Å². The summed E-state index contributed by atoms with van der Waals surface area (Å²) in [7, 11) is 0. The van der Waals surface area contributed by atoms with Gasteiger partial charge in [0.2, 0.25) is 5.95 Å². The first kappa shape index (κ1) is 16.2. The molecule has 1 atom stereocenters. The fourth-order valence-corrected chi connectivity index (χ4v) is 2.78. The van der Waals surface area contributed by atoms with Gasteiger partial charge in [-0.2, -0.15) is 4.98 Å². The summed E-state index contributed by atoms with van der Waals surface area (Å²) < 4.78 is 20.7. The Hall–Kier alpha value is -2.64. The lowest BCUT2D eigenvalue weighted by Crippen LogP contribution is -2.39. The Morgan fingerprint density at radius 2 is 2.08 bits per heavy atom. The monoisotopic (exact) mass is 334 g/mol. The van der Waals surface area contributed by atoms with Crippen LogP contribution in [0.5, 0.6) is 5.75 Å². The van der Waals surface area contributed by atoms with Gasteiger partial charge in [-0.1, -0.05) is 0 Å². The number of hydrogen-bond acceptors (Lipinski definition) is 5. The molecular weight excluding hydrogens is 315 g/mol. The molecule has 0 fully saturated rings. The zero-order valence-electron chi connectivity index (χ0n) is 13.7. The average Bonchev–Trinajstić information content (AvgIpc) is 2.92. The topological polar surface area (TPSA) is 89.0 Å². The molecule has 1 aliphatic heterocycles. The van der Waals surface area contributed by atoms with Gasteiger partial charge in [0.25, 0.3) is 0 Å². The van der Waals surface area contributed by atoms with E-state index in [4.69, 9.17) is 4.74 Å². The maximum Gasteiger partial charge on any atom is 0.355 e. The van der Waals surface area contributed by atoms with Gasteiger partial charge in [0.15, 0.2) is 0 Å². The lowest BCUT2D eigenvalue weighted by Gasteiger charge is -2.17. The van der Waals surface area contributed by atoms with E-state index in [2.05, 4.69) is 15.3 Å². The summed E-state index contributed by atoms with van der Waals surface area (Å²) in [4.78, 5) is 30.2. The summed E-state index contributed by atoms with van der Waals surface area (Å²) in [5.74, 6) is 0.309. The maximum atomic E-state index is 14.3. The first-order chi connectivity index (χ1) is 11.4. The third-order valence-electron chi connectivity index (χ3n) is 4.00. The van der Waals surface area contributed by atoms with Crippen LogP contribution >= 0.6 is 0 Å². The molecule has 0 spiro atoms. The molecule has 0 saturated carbocycles. The quantitative estimate of drug-likeness (QED) is 0.889. The highest BCUT2D eigenvalue weighted by atomic mass is 19.1. The van der Waals surface area contributed by atoms with Gasteiger partial charge in [0.05, 0.1) is 12.6 Å². The van der Waals surface area contributed by atoms with Crippen molar-refractivity contribution in [1.82, 2.24) is 14.5 Å². The summed E-state index contributed by atoms with van der Waals surface area (Å²) in [6, 6.07) is 2.30. The number of nitrogens with zero attached hydrogens (tertiary/aromatic N) is 2. The molecule has 0 amide bonds. The molecule has 0 saturated heterocycles. The van der Waals surface area contributed by atoms with Crippen LogP contribution in [0.3, 0.4) is 0 Å². The van der Waals surface area contributed by atoms with Gasteiger partial charge in [-0.05, 0) is 32.9 Å². The number of hydrogen-bond donors (Lipinski definition) is 2. The van der Waals surface area contributed by atoms with Gasteiger partial charge in [-0.25, -0.2) is 18.5 Å². The van der Waals surface area contributed by atoms with Crippen LogP contribution in [-0.2, 0) is 6.42 Å². The highest BCUT2D eigenvalue weighted by Crippen LogP contribution is 2.31. The summed E-state index contributed by atoms with van der Waals surface area (Å²) in [5, 5.41) is 2.86. The maximum absolute atomic E-state index is 14.3. The molecule has 0 aliphatic carbocycles. The Morgan fingerprint density at radius 3 is 2.75 bits per heavy atom. The molecule has 7 nitrogen and oxygen atoms in total. The van der Waals surface area contributed by atoms with Crippen LogP contribution in [0.2, 0.25) is 0 Å². The van der Waals surface area contributed by atoms with Crippen LogP contribution in [-0.4, -0.2) is 21.1 Å². The molecule has 2 N–H and O–H groups in total. The van der Waals surface area contributed by atoms with Gasteiger partial charge >= 0.3 is 11.4 Å². The van der Waals surface area contributed by atoms with Crippen molar-refractivity contribution in [3.05, 3.63) is 50.0 Å². The Kier molecular flexibility index (Phi) is 4.13. The second-order valence-corrected chi connectivity index (χ2v) is 6.08. The van der Waals surface area contributed by atoms with Crippen molar-refractivity contribution >= 4 is 5.95 Å². The van der Waals surface area contributed by atoms with Crippen LogP contribution in [0.25, 0.3) is 0 Å². The van der Waals surface area contributed by atoms with Crippen molar-refractivity contribution in [3.63, 3.8) is 0 Å². The van der Waals surface area contributed by atoms with E-state index in [9.17, 15) is 14.0 Å². The fourth-order valence-electron chi connectivity index (χ4n) is 2.78. The summed E-state index contributed by atoms with van der Waals surface area (Å²) in [6.07, 6.45) is 0.691. The van der Waals surface area contributed by atoms with Crippen molar-refractivity contribution in [2.45, 2.75) is 39.3 Å². The van der Waals surface area contributed by atoms with Gasteiger partial charge in [-0.3, -0.25) is 4.98 Å². The molecule has 24 heavy (non-hydrogen) atoms. The second kappa shape index (κ2) is 6.10. The number of anilines is 1. The molecular formula is C16H19FN4O3. The van der Waals surface area contributed by atoms with Crippen molar-refractivity contribution in [3.8, 4) is 5.75 Å². The first-order valence-electron chi connectivity index (χ1n) is 7.81. The summed E-state index contributed by atoms with van der Waals surface area (Å²) >= 11 is 0. The number of aromatic amines is 1. The predicted octanol–water partition coefficient (Wildman–Crippen LogP) is 1.76. The van der Waals surface area contributed by atoms with E-state index >= 15 is 0 Å². The number of aromatic nitrogens is 3. The SMILES string of the molecule is CC(C)n1c(=O)nc(N[C@@H](C)c2cc3c(cc2F)CCO3)[nH]c1=O. The van der Waals surface area contributed by atoms with E-state index in [1.165, 1.54) is 6.07 Å². The van der Waals surface area contributed by atoms with Crippen molar-refractivity contribution in [2.75, 3.05) is 11.9 Å². The minimum atomic E-state index is -0.652. The third kappa shape index (κ3) is 2.91. The van der Waals surface area contributed by atoms with E-state index in [1.54, 1.807) is 26.8 Å². The number of nitrogens with one attached hydrogen (secondary N) is 2. The second-order valence-electron chi connectivity index (χ2n) is 6.08. The smallest absolute Gasteiger partial charge is 0.355 e. The lowest BCUT2D eigenvalue weighted by molar-refractivity contribution is 0.356. The summed E-state index contributed by atoms with van der Waals surface area (Å²) in [5.41, 5.74) is 0.0134. The van der Waals surface area contributed by atoms with Gasteiger partial charge in [0, 0.05) is 23.6 Å². The van der Waals surface area contributed by atoms with Crippen LogP contribution in [0, 0.1) is 5.82 Å². The number of ether oxygens (including phenoxy) is 1. The van der Waals surface area contributed by atoms with Crippen LogP contribution in [0.4, 0.5) is 10.3 Å². The molecule has 1 aromatic heterocycles. The van der Waals surface area contributed by atoms with Gasteiger partial charge in [0.1, 0.15) is 11.6 Å². The highest BCUT2D eigenvalue weighted by molar-refractivity contribution is 5.43. The van der Waals surface area contributed by atoms with Crippen LogP contribution in [0.15, 0.2) is 21.7 Å². The zero-order chi connectivity index (χ0) is 17.4. The minimum absolute atomic E-state index is 0.00946. The fraction of sp³-hybridized carbons (Fsp3) is 0.438. The molecule has 3 rings (SSSR count). The Balaban J connectivity index is 1.89. The number of fused-ring (bicyclic) bond motifs is 1. The van der Waals surface area contributed by atoms with Crippen molar-refractivity contribution < 1.29 is 9.13 Å². The van der Waals surface area contributed by atoms with Gasteiger partial charge in [-0.15, -0.1) is 0 Å². The number of rotatable bonds is 4. The number of H-pyrrole nitrogens is 1. The normalized spacial score (nSPS) is 14.4.